The van der Waals surface area contributed by atoms with Gasteiger partial charge in [-0.05, 0) is 43.7 Å². The van der Waals surface area contributed by atoms with Crippen LogP contribution >= 0.6 is 0 Å². The first-order chi connectivity index (χ1) is 10.1. The standard InChI is InChI=1S/C15H25N3O3/c1-12-11-13(16)4-5-14(12)17-15(21)3-2-6-18(7-9-19)8-10-20/h4-5,11,19-20H,2-3,6-10,16H2,1H3,(H,17,21). The molecular formula is C15H25N3O3. The van der Waals surface area contributed by atoms with E-state index in [1.54, 1.807) is 12.1 Å². The molecule has 0 saturated heterocycles. The first kappa shape index (κ1) is 17.4. The molecule has 0 heterocycles. The zero-order valence-electron chi connectivity index (χ0n) is 12.5. The number of nitrogens with two attached hydrogens (primary N) is 1. The van der Waals surface area contributed by atoms with Gasteiger partial charge in [0, 0.05) is 30.9 Å². The van der Waals surface area contributed by atoms with E-state index >= 15 is 0 Å². The van der Waals surface area contributed by atoms with Crippen molar-refractivity contribution in [2.45, 2.75) is 19.8 Å². The van der Waals surface area contributed by atoms with Crippen LogP contribution in [0.15, 0.2) is 18.2 Å². The van der Waals surface area contributed by atoms with Gasteiger partial charge in [0.1, 0.15) is 0 Å². The number of amides is 1. The molecule has 1 aromatic rings. The maximum Gasteiger partial charge on any atom is 0.224 e. The van der Waals surface area contributed by atoms with Crippen molar-refractivity contribution in [3.63, 3.8) is 0 Å². The van der Waals surface area contributed by atoms with Crippen LogP contribution in [0.5, 0.6) is 0 Å². The molecule has 0 radical (unpaired) electrons. The Bertz CT molecular complexity index is 446. The zero-order valence-corrected chi connectivity index (χ0v) is 12.5. The van der Waals surface area contributed by atoms with Crippen LogP contribution in [-0.4, -0.2) is 53.9 Å². The lowest BCUT2D eigenvalue weighted by atomic mass is 10.1. The van der Waals surface area contributed by atoms with Crippen molar-refractivity contribution in [2.75, 3.05) is 43.9 Å². The third-order valence-corrected chi connectivity index (χ3v) is 3.24. The van der Waals surface area contributed by atoms with Crippen LogP contribution in [0.3, 0.4) is 0 Å². The molecule has 6 nitrogen and oxygen atoms in total. The molecule has 21 heavy (non-hydrogen) atoms. The van der Waals surface area contributed by atoms with Crippen LogP contribution in [0.1, 0.15) is 18.4 Å². The molecule has 1 aromatic carbocycles. The van der Waals surface area contributed by atoms with Crippen LogP contribution in [0.25, 0.3) is 0 Å². The summed E-state index contributed by atoms with van der Waals surface area (Å²) < 4.78 is 0. The smallest absolute Gasteiger partial charge is 0.224 e. The number of aliphatic hydroxyl groups is 2. The molecule has 0 aliphatic rings. The van der Waals surface area contributed by atoms with Crippen LogP contribution in [0.2, 0.25) is 0 Å². The van der Waals surface area contributed by atoms with Gasteiger partial charge in [0.2, 0.25) is 5.91 Å². The van der Waals surface area contributed by atoms with E-state index in [-0.39, 0.29) is 19.1 Å². The number of aryl methyl sites for hydroxylation is 1. The van der Waals surface area contributed by atoms with E-state index in [0.717, 1.165) is 11.3 Å². The van der Waals surface area contributed by atoms with E-state index < -0.39 is 0 Å². The van der Waals surface area contributed by atoms with Crippen molar-refractivity contribution < 1.29 is 15.0 Å². The molecule has 0 aromatic heterocycles. The fourth-order valence-electron chi connectivity index (χ4n) is 2.12. The fraction of sp³-hybridized carbons (Fsp3) is 0.533. The van der Waals surface area contributed by atoms with E-state index in [4.69, 9.17) is 15.9 Å². The van der Waals surface area contributed by atoms with Gasteiger partial charge in [-0.3, -0.25) is 9.69 Å². The normalized spacial score (nSPS) is 10.9. The second-order valence-electron chi connectivity index (χ2n) is 5.01. The van der Waals surface area contributed by atoms with Crippen LogP contribution < -0.4 is 11.1 Å². The molecule has 0 saturated carbocycles. The number of carbonyl (C=O) groups excluding carboxylic acids is 1. The van der Waals surface area contributed by atoms with Crippen molar-refractivity contribution in [3.05, 3.63) is 23.8 Å². The van der Waals surface area contributed by atoms with E-state index in [9.17, 15) is 4.79 Å². The molecule has 0 fully saturated rings. The summed E-state index contributed by atoms with van der Waals surface area (Å²) in [6.07, 6.45) is 1.08. The van der Waals surface area contributed by atoms with Gasteiger partial charge in [-0.15, -0.1) is 0 Å². The van der Waals surface area contributed by atoms with E-state index in [2.05, 4.69) is 5.32 Å². The Hall–Kier alpha value is -1.63. The van der Waals surface area contributed by atoms with Gasteiger partial charge in [-0.25, -0.2) is 0 Å². The summed E-state index contributed by atoms with van der Waals surface area (Å²) in [7, 11) is 0. The van der Waals surface area contributed by atoms with Crippen molar-refractivity contribution in [1.82, 2.24) is 4.90 Å². The molecule has 0 aliphatic heterocycles. The van der Waals surface area contributed by atoms with Crippen LogP contribution in [-0.2, 0) is 4.79 Å². The molecule has 0 spiro atoms. The number of anilines is 2. The summed E-state index contributed by atoms with van der Waals surface area (Å²) in [6.45, 7) is 3.71. The Morgan fingerprint density at radius 3 is 2.48 bits per heavy atom. The Morgan fingerprint density at radius 2 is 1.90 bits per heavy atom. The van der Waals surface area contributed by atoms with Gasteiger partial charge in [0.05, 0.1) is 13.2 Å². The zero-order chi connectivity index (χ0) is 15.7. The summed E-state index contributed by atoms with van der Waals surface area (Å²) in [4.78, 5) is 13.8. The summed E-state index contributed by atoms with van der Waals surface area (Å²) in [5, 5.41) is 20.7. The van der Waals surface area contributed by atoms with E-state index in [0.29, 0.717) is 38.2 Å². The monoisotopic (exact) mass is 295 g/mol. The lowest BCUT2D eigenvalue weighted by molar-refractivity contribution is -0.116. The molecule has 0 unspecified atom stereocenters. The van der Waals surface area contributed by atoms with Gasteiger partial charge in [0.25, 0.3) is 0 Å². The highest BCUT2D eigenvalue weighted by Gasteiger charge is 2.07. The third kappa shape index (κ3) is 6.57. The molecule has 1 rings (SSSR count). The second-order valence-corrected chi connectivity index (χ2v) is 5.01. The van der Waals surface area contributed by atoms with Crippen molar-refractivity contribution in [2.24, 2.45) is 0 Å². The highest BCUT2D eigenvalue weighted by Crippen LogP contribution is 2.17. The minimum absolute atomic E-state index is 0.0455. The number of aliphatic hydroxyl groups excluding tert-OH is 2. The number of nitrogen functional groups attached to an aromatic ring is 1. The second kappa shape index (κ2) is 9.33. The number of carbonyl (C=O) groups is 1. The lowest BCUT2D eigenvalue weighted by Gasteiger charge is -2.19. The minimum Gasteiger partial charge on any atom is -0.399 e. The summed E-state index contributed by atoms with van der Waals surface area (Å²) in [5.74, 6) is -0.0455. The quantitative estimate of drug-likeness (QED) is 0.500. The number of hydrogen-bond donors (Lipinski definition) is 4. The lowest BCUT2D eigenvalue weighted by Crippen LogP contribution is -2.31. The predicted octanol–water partition coefficient (Wildman–Crippen LogP) is 0.583. The summed E-state index contributed by atoms with van der Waals surface area (Å²) in [6, 6.07) is 5.37. The molecule has 0 bridgehead atoms. The Balaban J connectivity index is 2.36. The average molecular weight is 295 g/mol. The molecule has 118 valence electrons. The molecule has 0 atom stereocenters. The van der Waals surface area contributed by atoms with Gasteiger partial charge in [0.15, 0.2) is 0 Å². The Morgan fingerprint density at radius 1 is 1.24 bits per heavy atom. The first-order valence-electron chi connectivity index (χ1n) is 7.17. The predicted molar refractivity (Wildman–Crippen MR) is 84.1 cm³/mol. The number of benzene rings is 1. The molecule has 5 N–H and O–H groups in total. The summed E-state index contributed by atoms with van der Waals surface area (Å²) >= 11 is 0. The molecular weight excluding hydrogens is 270 g/mol. The van der Waals surface area contributed by atoms with Gasteiger partial charge in [-0.1, -0.05) is 0 Å². The minimum atomic E-state index is -0.0455. The first-order valence-corrected chi connectivity index (χ1v) is 7.17. The Labute approximate surface area is 125 Å². The molecule has 6 heteroatoms. The van der Waals surface area contributed by atoms with Crippen molar-refractivity contribution in [3.8, 4) is 0 Å². The summed E-state index contributed by atoms with van der Waals surface area (Å²) in [5.41, 5.74) is 8.06. The van der Waals surface area contributed by atoms with Gasteiger partial charge in [-0.2, -0.15) is 0 Å². The van der Waals surface area contributed by atoms with Crippen LogP contribution in [0.4, 0.5) is 11.4 Å². The maximum absolute atomic E-state index is 11.9. The topological polar surface area (TPSA) is 98.8 Å². The molecule has 1 amide bonds. The Kier molecular flexibility index (Phi) is 7.74. The van der Waals surface area contributed by atoms with E-state index in [1.807, 2.05) is 17.9 Å². The number of nitrogens with one attached hydrogen (secondary N) is 1. The van der Waals surface area contributed by atoms with Gasteiger partial charge < -0.3 is 21.3 Å². The third-order valence-electron chi connectivity index (χ3n) is 3.24. The highest BCUT2D eigenvalue weighted by atomic mass is 16.3. The fourth-order valence-corrected chi connectivity index (χ4v) is 2.12. The van der Waals surface area contributed by atoms with Gasteiger partial charge >= 0.3 is 0 Å². The van der Waals surface area contributed by atoms with Crippen molar-refractivity contribution in [1.29, 1.82) is 0 Å². The van der Waals surface area contributed by atoms with Crippen LogP contribution in [0, 0.1) is 6.92 Å². The number of hydrogen-bond acceptors (Lipinski definition) is 5. The number of rotatable bonds is 9. The van der Waals surface area contributed by atoms with Crippen molar-refractivity contribution >= 4 is 17.3 Å². The average Bonchev–Trinajstić information content (AvgIpc) is 2.42. The van der Waals surface area contributed by atoms with E-state index in [1.165, 1.54) is 0 Å². The SMILES string of the molecule is Cc1cc(N)ccc1NC(=O)CCCN(CCO)CCO. The highest BCUT2D eigenvalue weighted by molar-refractivity contribution is 5.91. The maximum atomic E-state index is 11.9. The largest absolute Gasteiger partial charge is 0.399 e. The number of nitrogens with zero attached hydrogens (tertiary/aromatic N) is 1. The molecule has 0 aliphatic carbocycles.